The first-order chi connectivity index (χ1) is 12.3. The highest BCUT2D eigenvalue weighted by atomic mass is 32.2. The SMILES string of the molecule is CC[C@@H](C)n1nnc2cc(S(=O)(=O)N(C)CC(=O)NCCOC)ccc21. The van der Waals surface area contributed by atoms with Crippen LogP contribution in [0.1, 0.15) is 26.3 Å². The molecule has 0 spiro atoms. The molecule has 2 rings (SSSR count). The number of ether oxygens (including phenoxy) is 1. The van der Waals surface area contributed by atoms with Crippen LogP contribution in [-0.2, 0) is 19.6 Å². The number of likely N-dealkylation sites (N-methyl/N-ethyl adjacent to an activating group) is 1. The van der Waals surface area contributed by atoms with Gasteiger partial charge in [-0.15, -0.1) is 5.10 Å². The first-order valence-electron chi connectivity index (χ1n) is 8.38. The van der Waals surface area contributed by atoms with Crippen molar-refractivity contribution in [2.24, 2.45) is 0 Å². The molecule has 0 saturated heterocycles. The Morgan fingerprint density at radius 1 is 1.42 bits per heavy atom. The highest BCUT2D eigenvalue weighted by Gasteiger charge is 2.24. The van der Waals surface area contributed by atoms with E-state index in [1.165, 1.54) is 26.3 Å². The molecule has 1 heterocycles. The van der Waals surface area contributed by atoms with E-state index in [1.54, 1.807) is 10.7 Å². The van der Waals surface area contributed by atoms with E-state index in [0.29, 0.717) is 18.7 Å². The highest BCUT2D eigenvalue weighted by molar-refractivity contribution is 7.89. The number of nitrogens with one attached hydrogen (secondary N) is 1. The van der Waals surface area contributed by atoms with Crippen LogP contribution in [0.5, 0.6) is 0 Å². The van der Waals surface area contributed by atoms with Gasteiger partial charge in [0.1, 0.15) is 5.52 Å². The maximum atomic E-state index is 12.7. The van der Waals surface area contributed by atoms with Crippen molar-refractivity contribution in [3.63, 3.8) is 0 Å². The van der Waals surface area contributed by atoms with Crippen LogP contribution in [-0.4, -0.2) is 67.5 Å². The van der Waals surface area contributed by atoms with Gasteiger partial charge >= 0.3 is 0 Å². The standard InChI is InChI=1S/C16H25N5O4S/c1-5-12(2)21-15-7-6-13(10-14(15)18-19-21)26(23,24)20(3)11-16(22)17-8-9-25-4/h6-7,10,12H,5,8-9,11H2,1-4H3,(H,17,22)/t12-/m1/s1. The molecule has 144 valence electrons. The van der Waals surface area contributed by atoms with Crippen molar-refractivity contribution in [1.82, 2.24) is 24.6 Å². The van der Waals surface area contributed by atoms with Crippen LogP contribution in [0.3, 0.4) is 0 Å². The van der Waals surface area contributed by atoms with Crippen molar-refractivity contribution < 1.29 is 17.9 Å². The lowest BCUT2D eigenvalue weighted by Crippen LogP contribution is -2.39. The molecule has 0 aliphatic heterocycles. The van der Waals surface area contributed by atoms with E-state index < -0.39 is 15.9 Å². The molecule has 10 heteroatoms. The van der Waals surface area contributed by atoms with Gasteiger partial charge in [0.25, 0.3) is 0 Å². The van der Waals surface area contributed by atoms with Gasteiger partial charge in [-0.1, -0.05) is 12.1 Å². The molecule has 1 N–H and O–H groups in total. The molecule has 0 aliphatic carbocycles. The first-order valence-corrected chi connectivity index (χ1v) is 9.82. The molecule has 1 aromatic carbocycles. The van der Waals surface area contributed by atoms with Gasteiger partial charge in [0.05, 0.1) is 29.6 Å². The van der Waals surface area contributed by atoms with Crippen LogP contribution in [0.25, 0.3) is 11.0 Å². The molecule has 26 heavy (non-hydrogen) atoms. The Hall–Kier alpha value is -2.04. The molecular weight excluding hydrogens is 358 g/mol. The maximum absolute atomic E-state index is 12.7. The fourth-order valence-corrected chi connectivity index (χ4v) is 3.54. The average Bonchev–Trinajstić information content (AvgIpc) is 3.04. The van der Waals surface area contributed by atoms with Crippen LogP contribution < -0.4 is 5.32 Å². The minimum Gasteiger partial charge on any atom is -0.383 e. The zero-order valence-electron chi connectivity index (χ0n) is 15.5. The van der Waals surface area contributed by atoms with Crippen molar-refractivity contribution in [2.75, 3.05) is 33.9 Å². The van der Waals surface area contributed by atoms with Crippen molar-refractivity contribution in [3.8, 4) is 0 Å². The summed E-state index contributed by atoms with van der Waals surface area (Å²) in [5.41, 5.74) is 1.28. The average molecular weight is 383 g/mol. The van der Waals surface area contributed by atoms with Crippen molar-refractivity contribution >= 4 is 27.0 Å². The molecule has 0 radical (unpaired) electrons. The van der Waals surface area contributed by atoms with Crippen LogP contribution >= 0.6 is 0 Å². The van der Waals surface area contributed by atoms with Gasteiger partial charge in [0.2, 0.25) is 15.9 Å². The second-order valence-corrected chi connectivity index (χ2v) is 8.09. The van der Waals surface area contributed by atoms with E-state index in [-0.39, 0.29) is 17.5 Å². The Kier molecular flexibility index (Phi) is 6.68. The zero-order valence-corrected chi connectivity index (χ0v) is 16.3. The molecule has 2 aromatic rings. The largest absolute Gasteiger partial charge is 0.383 e. The molecule has 1 amide bonds. The number of benzene rings is 1. The normalized spacial score (nSPS) is 13.3. The lowest BCUT2D eigenvalue weighted by Gasteiger charge is -2.17. The molecule has 9 nitrogen and oxygen atoms in total. The smallest absolute Gasteiger partial charge is 0.243 e. The summed E-state index contributed by atoms with van der Waals surface area (Å²) in [6, 6.07) is 4.86. The van der Waals surface area contributed by atoms with Gasteiger partial charge in [0, 0.05) is 20.7 Å². The summed E-state index contributed by atoms with van der Waals surface area (Å²) in [6.07, 6.45) is 0.888. The lowest BCUT2D eigenvalue weighted by atomic mass is 10.2. The third-order valence-electron chi connectivity index (χ3n) is 4.15. The predicted molar refractivity (Wildman–Crippen MR) is 97.2 cm³/mol. The number of methoxy groups -OCH3 is 1. The summed E-state index contributed by atoms with van der Waals surface area (Å²) in [5, 5.41) is 10.8. The number of fused-ring (bicyclic) bond motifs is 1. The van der Waals surface area contributed by atoms with E-state index >= 15 is 0 Å². The minimum atomic E-state index is -3.81. The van der Waals surface area contributed by atoms with Gasteiger partial charge in [-0.2, -0.15) is 4.31 Å². The summed E-state index contributed by atoms with van der Waals surface area (Å²) < 4.78 is 33.0. The van der Waals surface area contributed by atoms with Crippen LogP contribution in [0.2, 0.25) is 0 Å². The number of hydrogen-bond acceptors (Lipinski definition) is 6. The number of rotatable bonds is 9. The summed E-state index contributed by atoms with van der Waals surface area (Å²) in [6.45, 7) is 4.49. The third-order valence-corrected chi connectivity index (χ3v) is 5.95. The third kappa shape index (κ3) is 4.37. The molecule has 0 saturated carbocycles. The quantitative estimate of drug-likeness (QED) is 0.642. The number of carbonyl (C=O) groups is 1. The Labute approximate surface area is 153 Å². The number of aromatic nitrogens is 3. The Bertz CT molecular complexity index is 865. The predicted octanol–water partition coefficient (Wildman–Crippen LogP) is 0.785. The van der Waals surface area contributed by atoms with E-state index in [1.807, 2.05) is 13.8 Å². The van der Waals surface area contributed by atoms with Crippen LogP contribution in [0, 0.1) is 0 Å². The topological polar surface area (TPSA) is 106 Å². The summed E-state index contributed by atoms with van der Waals surface area (Å²) in [7, 11) is -0.918. The summed E-state index contributed by atoms with van der Waals surface area (Å²) in [5.74, 6) is -0.392. The number of hydrogen-bond donors (Lipinski definition) is 1. The molecule has 0 aliphatic rings. The molecule has 0 unspecified atom stereocenters. The number of carbonyl (C=O) groups excluding carboxylic acids is 1. The second-order valence-electron chi connectivity index (χ2n) is 6.05. The first kappa shape index (κ1) is 20.3. The van der Waals surface area contributed by atoms with Crippen LogP contribution in [0.15, 0.2) is 23.1 Å². The van der Waals surface area contributed by atoms with E-state index in [4.69, 9.17) is 4.74 Å². The Balaban J connectivity index is 2.19. The molecule has 0 fully saturated rings. The Morgan fingerprint density at radius 2 is 2.15 bits per heavy atom. The number of amides is 1. The molecule has 1 atom stereocenters. The minimum absolute atomic E-state index is 0.0772. The van der Waals surface area contributed by atoms with Crippen molar-refractivity contribution in [3.05, 3.63) is 18.2 Å². The maximum Gasteiger partial charge on any atom is 0.243 e. The summed E-state index contributed by atoms with van der Waals surface area (Å²) in [4.78, 5) is 11.9. The highest BCUT2D eigenvalue weighted by Crippen LogP contribution is 2.22. The fraction of sp³-hybridized carbons (Fsp3) is 0.562. The monoisotopic (exact) mass is 383 g/mol. The van der Waals surface area contributed by atoms with Crippen LogP contribution in [0.4, 0.5) is 0 Å². The van der Waals surface area contributed by atoms with E-state index in [9.17, 15) is 13.2 Å². The van der Waals surface area contributed by atoms with Gasteiger partial charge in [0.15, 0.2) is 0 Å². The Morgan fingerprint density at radius 3 is 2.81 bits per heavy atom. The van der Waals surface area contributed by atoms with Gasteiger partial charge in [-0.05, 0) is 31.5 Å². The molecular formula is C16H25N5O4S. The van der Waals surface area contributed by atoms with Crippen molar-refractivity contribution in [1.29, 1.82) is 0 Å². The number of nitrogens with zero attached hydrogens (tertiary/aromatic N) is 4. The van der Waals surface area contributed by atoms with E-state index in [2.05, 4.69) is 15.6 Å². The van der Waals surface area contributed by atoms with Gasteiger partial charge in [-0.25, -0.2) is 13.1 Å². The zero-order chi connectivity index (χ0) is 19.3. The van der Waals surface area contributed by atoms with Gasteiger partial charge in [-0.3, -0.25) is 4.79 Å². The lowest BCUT2D eigenvalue weighted by molar-refractivity contribution is -0.121. The molecule has 1 aromatic heterocycles. The summed E-state index contributed by atoms with van der Waals surface area (Å²) >= 11 is 0. The van der Waals surface area contributed by atoms with E-state index in [0.717, 1.165) is 16.2 Å². The van der Waals surface area contributed by atoms with Gasteiger partial charge < -0.3 is 10.1 Å². The fourth-order valence-electron chi connectivity index (χ4n) is 2.40. The second kappa shape index (κ2) is 8.56. The molecule has 0 bridgehead atoms. The number of sulfonamides is 1. The van der Waals surface area contributed by atoms with Crippen molar-refractivity contribution in [2.45, 2.75) is 31.2 Å².